The molecule has 0 atom stereocenters. The standard InChI is InChI=1S/C12H10N4/c1-2-4-10-9(3-1)7-13-16-11(8-5-6-8)14-15-12(10)16/h1-4,7-8H,5-6H2. The zero-order chi connectivity index (χ0) is 10.5. The molecule has 0 spiro atoms. The monoisotopic (exact) mass is 210 g/mol. The van der Waals surface area contributed by atoms with E-state index in [0.29, 0.717) is 5.92 Å². The van der Waals surface area contributed by atoms with Gasteiger partial charge in [-0.3, -0.25) is 0 Å². The highest BCUT2D eigenvalue weighted by molar-refractivity contribution is 5.92. The SMILES string of the molecule is c1ccc2c(c1)cnn1c(C3CC3)nnc21. The van der Waals surface area contributed by atoms with Crippen LogP contribution in [0.4, 0.5) is 0 Å². The fraction of sp³-hybridized carbons (Fsp3) is 0.250. The third-order valence-electron chi connectivity index (χ3n) is 3.12. The van der Waals surface area contributed by atoms with Crippen LogP contribution in [0.1, 0.15) is 24.6 Å². The fourth-order valence-electron chi connectivity index (χ4n) is 2.10. The van der Waals surface area contributed by atoms with Crippen LogP contribution in [-0.4, -0.2) is 19.8 Å². The molecule has 4 heteroatoms. The van der Waals surface area contributed by atoms with Crippen LogP contribution in [0.2, 0.25) is 0 Å². The molecule has 0 bridgehead atoms. The van der Waals surface area contributed by atoms with Crippen molar-refractivity contribution in [2.75, 3.05) is 0 Å². The van der Waals surface area contributed by atoms with Gasteiger partial charge in [-0.2, -0.15) is 9.61 Å². The smallest absolute Gasteiger partial charge is 0.185 e. The van der Waals surface area contributed by atoms with Gasteiger partial charge >= 0.3 is 0 Å². The van der Waals surface area contributed by atoms with Gasteiger partial charge in [-0.25, -0.2) is 0 Å². The van der Waals surface area contributed by atoms with E-state index >= 15 is 0 Å². The van der Waals surface area contributed by atoms with Gasteiger partial charge in [-0.1, -0.05) is 24.3 Å². The van der Waals surface area contributed by atoms with Crippen molar-refractivity contribution in [1.29, 1.82) is 0 Å². The molecule has 2 heterocycles. The minimum absolute atomic E-state index is 0.573. The molecule has 0 N–H and O–H groups in total. The van der Waals surface area contributed by atoms with Crippen molar-refractivity contribution in [3.05, 3.63) is 36.3 Å². The normalized spacial score (nSPS) is 16.0. The Morgan fingerprint density at radius 2 is 2.00 bits per heavy atom. The molecule has 78 valence electrons. The lowest BCUT2D eigenvalue weighted by molar-refractivity contribution is 0.818. The summed E-state index contributed by atoms with van der Waals surface area (Å²) in [7, 11) is 0. The Hall–Kier alpha value is -1.97. The van der Waals surface area contributed by atoms with E-state index in [1.165, 1.54) is 12.8 Å². The van der Waals surface area contributed by atoms with Crippen LogP contribution >= 0.6 is 0 Å². The first kappa shape index (κ1) is 8.21. The number of rotatable bonds is 1. The average Bonchev–Trinajstić information content (AvgIpc) is 3.08. The summed E-state index contributed by atoms with van der Waals surface area (Å²) in [6.07, 6.45) is 4.32. The van der Waals surface area contributed by atoms with E-state index < -0.39 is 0 Å². The lowest BCUT2D eigenvalue weighted by Gasteiger charge is -1.99. The Kier molecular flexibility index (Phi) is 1.43. The maximum Gasteiger partial charge on any atom is 0.185 e. The Morgan fingerprint density at radius 3 is 2.88 bits per heavy atom. The van der Waals surface area contributed by atoms with Crippen LogP contribution in [0.5, 0.6) is 0 Å². The van der Waals surface area contributed by atoms with Gasteiger partial charge in [0.1, 0.15) is 0 Å². The lowest BCUT2D eigenvalue weighted by Crippen LogP contribution is -1.96. The molecular formula is C12H10N4. The summed E-state index contributed by atoms with van der Waals surface area (Å²) in [5.74, 6) is 1.59. The summed E-state index contributed by atoms with van der Waals surface area (Å²) in [4.78, 5) is 0. The van der Waals surface area contributed by atoms with E-state index in [4.69, 9.17) is 0 Å². The zero-order valence-corrected chi connectivity index (χ0v) is 8.67. The first-order valence-corrected chi connectivity index (χ1v) is 5.52. The highest BCUT2D eigenvalue weighted by Crippen LogP contribution is 2.39. The van der Waals surface area contributed by atoms with Crippen molar-refractivity contribution in [2.24, 2.45) is 0 Å². The predicted molar refractivity (Wildman–Crippen MR) is 60.3 cm³/mol. The summed E-state index contributed by atoms with van der Waals surface area (Å²) >= 11 is 0. The van der Waals surface area contributed by atoms with Crippen LogP contribution in [0.3, 0.4) is 0 Å². The van der Waals surface area contributed by atoms with E-state index in [9.17, 15) is 0 Å². The van der Waals surface area contributed by atoms with Crippen LogP contribution in [0, 0.1) is 0 Å². The highest BCUT2D eigenvalue weighted by atomic mass is 15.4. The molecule has 1 fully saturated rings. The topological polar surface area (TPSA) is 43.1 Å². The molecule has 0 saturated heterocycles. The van der Waals surface area contributed by atoms with Gasteiger partial charge in [0.2, 0.25) is 0 Å². The van der Waals surface area contributed by atoms with Crippen molar-refractivity contribution in [2.45, 2.75) is 18.8 Å². The van der Waals surface area contributed by atoms with Crippen LogP contribution in [0.25, 0.3) is 16.4 Å². The van der Waals surface area contributed by atoms with Crippen molar-refractivity contribution < 1.29 is 0 Å². The van der Waals surface area contributed by atoms with Gasteiger partial charge in [-0.05, 0) is 12.8 Å². The zero-order valence-electron chi connectivity index (χ0n) is 8.67. The van der Waals surface area contributed by atoms with Crippen LogP contribution in [-0.2, 0) is 0 Å². The third-order valence-corrected chi connectivity index (χ3v) is 3.12. The van der Waals surface area contributed by atoms with Gasteiger partial charge < -0.3 is 0 Å². The average molecular weight is 210 g/mol. The Balaban J connectivity index is 2.14. The van der Waals surface area contributed by atoms with Gasteiger partial charge in [0.05, 0.1) is 6.20 Å². The first-order valence-electron chi connectivity index (χ1n) is 5.52. The minimum atomic E-state index is 0.573. The summed E-state index contributed by atoms with van der Waals surface area (Å²) < 4.78 is 1.89. The molecule has 16 heavy (non-hydrogen) atoms. The van der Waals surface area contributed by atoms with E-state index in [1.807, 2.05) is 28.9 Å². The minimum Gasteiger partial charge on any atom is -0.196 e. The number of aromatic nitrogens is 4. The number of fused-ring (bicyclic) bond motifs is 3. The molecule has 1 aliphatic carbocycles. The Morgan fingerprint density at radius 1 is 1.12 bits per heavy atom. The summed E-state index contributed by atoms with van der Waals surface area (Å²) in [6, 6.07) is 8.15. The van der Waals surface area contributed by atoms with Crippen molar-refractivity contribution in [1.82, 2.24) is 19.8 Å². The largest absolute Gasteiger partial charge is 0.196 e. The lowest BCUT2D eigenvalue weighted by atomic mass is 10.2. The van der Waals surface area contributed by atoms with Crippen LogP contribution in [0.15, 0.2) is 30.5 Å². The second kappa shape index (κ2) is 2.78. The number of benzene rings is 1. The van der Waals surface area contributed by atoms with Crippen LogP contribution < -0.4 is 0 Å². The van der Waals surface area contributed by atoms with E-state index in [0.717, 1.165) is 22.2 Å². The third kappa shape index (κ3) is 1.01. The maximum atomic E-state index is 4.42. The molecule has 1 aromatic carbocycles. The van der Waals surface area contributed by atoms with E-state index in [2.05, 4.69) is 21.4 Å². The summed E-state index contributed by atoms with van der Waals surface area (Å²) in [6.45, 7) is 0. The molecule has 0 unspecified atom stereocenters. The Bertz CT molecular complexity index is 682. The fourth-order valence-corrected chi connectivity index (χ4v) is 2.10. The first-order chi connectivity index (χ1) is 7.93. The second-order valence-electron chi connectivity index (χ2n) is 4.30. The molecule has 1 aliphatic rings. The molecule has 3 aromatic rings. The molecule has 4 nitrogen and oxygen atoms in total. The van der Waals surface area contributed by atoms with Gasteiger partial charge in [0.25, 0.3) is 0 Å². The quantitative estimate of drug-likeness (QED) is 0.618. The molecule has 1 saturated carbocycles. The van der Waals surface area contributed by atoms with Crippen molar-refractivity contribution in [3.63, 3.8) is 0 Å². The Labute approximate surface area is 91.9 Å². The van der Waals surface area contributed by atoms with Gasteiger partial charge in [0, 0.05) is 16.7 Å². The van der Waals surface area contributed by atoms with E-state index in [-0.39, 0.29) is 0 Å². The van der Waals surface area contributed by atoms with Gasteiger partial charge in [0.15, 0.2) is 11.5 Å². The second-order valence-corrected chi connectivity index (χ2v) is 4.30. The maximum absolute atomic E-state index is 4.42. The molecule has 0 radical (unpaired) electrons. The summed E-state index contributed by atoms with van der Waals surface area (Å²) in [5, 5.41) is 15.2. The molecule has 2 aromatic heterocycles. The number of nitrogens with zero attached hydrogens (tertiary/aromatic N) is 4. The van der Waals surface area contributed by atoms with Crippen molar-refractivity contribution >= 4 is 16.4 Å². The van der Waals surface area contributed by atoms with Crippen molar-refractivity contribution in [3.8, 4) is 0 Å². The molecule has 0 aliphatic heterocycles. The molecular weight excluding hydrogens is 200 g/mol. The van der Waals surface area contributed by atoms with E-state index in [1.54, 1.807) is 0 Å². The summed E-state index contributed by atoms with van der Waals surface area (Å²) in [5.41, 5.74) is 0.875. The molecule has 4 rings (SSSR count). The number of hydrogen-bond acceptors (Lipinski definition) is 3. The predicted octanol–water partition coefficient (Wildman–Crippen LogP) is 2.15. The highest BCUT2D eigenvalue weighted by Gasteiger charge is 2.29. The number of hydrogen-bond donors (Lipinski definition) is 0. The van der Waals surface area contributed by atoms with Gasteiger partial charge in [-0.15, -0.1) is 10.2 Å². The molecule has 0 amide bonds.